The van der Waals surface area contributed by atoms with E-state index in [4.69, 9.17) is 23.7 Å². The molecule has 6 aromatic rings. The van der Waals surface area contributed by atoms with Crippen LogP contribution in [-0.4, -0.2) is 39.5 Å². The highest BCUT2D eigenvalue weighted by molar-refractivity contribution is 6.07. The largest absolute Gasteiger partial charge is 0.493 e. The zero-order valence-electron chi connectivity index (χ0n) is 21.7. The molecule has 9 nitrogen and oxygen atoms in total. The molecule has 0 amide bonds. The van der Waals surface area contributed by atoms with Crippen LogP contribution in [0.25, 0.3) is 39.2 Å². The first-order valence-corrected chi connectivity index (χ1v) is 12.3. The van der Waals surface area contributed by atoms with Gasteiger partial charge in [-0.2, -0.15) is 0 Å². The van der Waals surface area contributed by atoms with Gasteiger partial charge in [0.15, 0.2) is 29.6 Å². The summed E-state index contributed by atoms with van der Waals surface area (Å²) in [5, 5.41) is 9.61. The van der Waals surface area contributed by atoms with Crippen molar-refractivity contribution in [1.82, 2.24) is 19.6 Å². The smallest absolute Gasteiger partial charge is 0.232 e. The van der Waals surface area contributed by atoms with Gasteiger partial charge in [-0.05, 0) is 30.7 Å². The Morgan fingerprint density at radius 1 is 0.897 bits per heavy atom. The molecule has 6 rings (SSSR count). The van der Waals surface area contributed by atoms with Gasteiger partial charge >= 0.3 is 0 Å². The number of furan rings is 1. The number of hydrogen-bond donors (Lipinski definition) is 0. The van der Waals surface area contributed by atoms with Crippen LogP contribution in [0.5, 0.6) is 11.5 Å². The van der Waals surface area contributed by atoms with Crippen molar-refractivity contribution in [2.45, 2.75) is 13.5 Å². The van der Waals surface area contributed by atoms with E-state index in [0.29, 0.717) is 34.4 Å². The molecule has 0 unspecified atom stereocenters. The summed E-state index contributed by atoms with van der Waals surface area (Å²) in [5.74, 6) is 2.46. The van der Waals surface area contributed by atoms with Crippen LogP contribution in [0.1, 0.15) is 18.3 Å². The van der Waals surface area contributed by atoms with Gasteiger partial charge in [-0.1, -0.05) is 65.8 Å². The van der Waals surface area contributed by atoms with Gasteiger partial charge in [0, 0.05) is 16.7 Å². The van der Waals surface area contributed by atoms with Crippen molar-refractivity contribution in [3.8, 4) is 33.9 Å². The summed E-state index contributed by atoms with van der Waals surface area (Å²) in [4.78, 5) is 14.9. The van der Waals surface area contributed by atoms with E-state index in [9.17, 15) is 0 Å². The van der Waals surface area contributed by atoms with Crippen molar-refractivity contribution >= 4 is 22.5 Å². The Hall–Kier alpha value is -5.18. The molecule has 0 radical (unpaired) electrons. The monoisotopic (exact) mass is 519 g/mol. The topological polar surface area (TPSA) is 96.3 Å². The highest BCUT2D eigenvalue weighted by Gasteiger charge is 2.22. The summed E-state index contributed by atoms with van der Waals surface area (Å²) >= 11 is 0. The maximum atomic E-state index is 6.29. The van der Waals surface area contributed by atoms with Gasteiger partial charge in [-0.25, -0.2) is 14.5 Å². The second-order valence-corrected chi connectivity index (χ2v) is 8.78. The minimum Gasteiger partial charge on any atom is -0.493 e. The lowest BCUT2D eigenvalue weighted by Crippen LogP contribution is -1.99. The second-order valence-electron chi connectivity index (χ2n) is 8.78. The van der Waals surface area contributed by atoms with Gasteiger partial charge in [-0.15, -0.1) is 5.10 Å². The normalized spacial score (nSPS) is 11.7. The number of aromatic nitrogens is 4. The minimum atomic E-state index is 0.0812. The summed E-state index contributed by atoms with van der Waals surface area (Å²) in [6, 6.07) is 25.6. The van der Waals surface area contributed by atoms with Gasteiger partial charge in [0.1, 0.15) is 12.1 Å². The molecule has 0 aliphatic carbocycles. The van der Waals surface area contributed by atoms with Crippen LogP contribution in [-0.2, 0) is 11.4 Å². The van der Waals surface area contributed by atoms with Gasteiger partial charge < -0.3 is 18.7 Å². The number of nitrogens with zero attached hydrogens (tertiary/aromatic N) is 5. The van der Waals surface area contributed by atoms with Crippen molar-refractivity contribution in [1.29, 1.82) is 0 Å². The van der Waals surface area contributed by atoms with Crippen molar-refractivity contribution in [2.24, 2.45) is 5.16 Å². The predicted molar refractivity (Wildman–Crippen MR) is 148 cm³/mol. The Bertz CT molecular complexity index is 1790. The Balaban J connectivity index is 1.36. The number of ether oxygens (including phenoxy) is 2. The Labute approximate surface area is 224 Å². The summed E-state index contributed by atoms with van der Waals surface area (Å²) in [6.07, 6.45) is 1.60. The molecule has 194 valence electrons. The third kappa shape index (κ3) is 4.54. The number of benzene rings is 3. The molecular weight excluding hydrogens is 494 g/mol. The maximum Gasteiger partial charge on any atom is 0.232 e. The van der Waals surface area contributed by atoms with Gasteiger partial charge in [0.2, 0.25) is 5.71 Å². The fourth-order valence-electron chi connectivity index (χ4n) is 4.48. The molecule has 0 N–H and O–H groups in total. The van der Waals surface area contributed by atoms with Crippen LogP contribution in [0.2, 0.25) is 0 Å². The minimum absolute atomic E-state index is 0.0812. The van der Waals surface area contributed by atoms with Crippen LogP contribution in [0.15, 0.2) is 94.8 Å². The third-order valence-corrected chi connectivity index (χ3v) is 6.37. The van der Waals surface area contributed by atoms with Crippen molar-refractivity contribution < 1.29 is 18.7 Å². The molecule has 9 heteroatoms. The molecular formula is C30H25N5O4. The van der Waals surface area contributed by atoms with E-state index >= 15 is 0 Å². The standard InChI is InChI=1S/C30H25N5O4/c1-19(22-14-15-23(36-2)24(16-22)37-3)34-38-17-25-32-29-27-26(20-10-6-4-7-11-20)28(21-12-8-5-9-13-21)39-30(27)31-18-35(29)33-25/h4-16,18H,17H2,1-3H3/b34-19-. The number of rotatable bonds is 8. The Kier molecular flexibility index (Phi) is 6.38. The molecule has 3 aromatic heterocycles. The zero-order chi connectivity index (χ0) is 26.8. The van der Waals surface area contributed by atoms with Gasteiger partial charge in [0.05, 0.1) is 25.3 Å². The number of methoxy groups -OCH3 is 2. The molecule has 0 aliphatic heterocycles. The molecule has 39 heavy (non-hydrogen) atoms. The maximum absolute atomic E-state index is 6.29. The molecule has 0 bridgehead atoms. The van der Waals surface area contributed by atoms with Crippen LogP contribution < -0.4 is 9.47 Å². The number of oxime groups is 1. The van der Waals surface area contributed by atoms with Crippen LogP contribution in [0.4, 0.5) is 0 Å². The average Bonchev–Trinajstić information content (AvgIpc) is 3.59. The highest BCUT2D eigenvalue weighted by atomic mass is 16.6. The van der Waals surface area contributed by atoms with E-state index in [1.165, 1.54) is 0 Å². The summed E-state index contributed by atoms with van der Waals surface area (Å²) in [5.41, 5.74) is 5.51. The lowest BCUT2D eigenvalue weighted by molar-refractivity contribution is 0.125. The number of hydrogen-bond acceptors (Lipinski definition) is 8. The van der Waals surface area contributed by atoms with Crippen molar-refractivity contribution in [3.63, 3.8) is 0 Å². The van der Waals surface area contributed by atoms with Gasteiger partial charge in [-0.3, -0.25) is 0 Å². The molecule has 0 spiro atoms. The predicted octanol–water partition coefficient (Wildman–Crippen LogP) is 6.16. The summed E-state index contributed by atoms with van der Waals surface area (Å²) < 4.78 is 18.6. The van der Waals surface area contributed by atoms with E-state index in [0.717, 1.165) is 33.4 Å². The fourth-order valence-corrected chi connectivity index (χ4v) is 4.48. The van der Waals surface area contributed by atoms with Crippen molar-refractivity contribution in [3.05, 3.63) is 96.6 Å². The molecule has 3 aromatic carbocycles. The molecule has 0 saturated heterocycles. The van der Waals surface area contributed by atoms with Crippen LogP contribution in [0, 0.1) is 0 Å². The van der Waals surface area contributed by atoms with Crippen LogP contribution in [0.3, 0.4) is 0 Å². The lowest BCUT2D eigenvalue weighted by atomic mass is 9.99. The number of fused-ring (bicyclic) bond motifs is 3. The molecule has 0 saturated carbocycles. The van der Waals surface area contributed by atoms with E-state index in [1.54, 1.807) is 25.1 Å². The molecule has 0 atom stereocenters. The first-order chi connectivity index (χ1) is 19.2. The zero-order valence-corrected chi connectivity index (χ0v) is 21.7. The molecule has 0 aliphatic rings. The first kappa shape index (κ1) is 24.2. The van der Waals surface area contributed by atoms with E-state index < -0.39 is 0 Å². The third-order valence-electron chi connectivity index (χ3n) is 6.37. The van der Waals surface area contributed by atoms with E-state index in [1.807, 2.05) is 85.8 Å². The average molecular weight is 520 g/mol. The van der Waals surface area contributed by atoms with E-state index in [2.05, 4.69) is 15.2 Å². The fraction of sp³-hybridized carbons (Fsp3) is 0.133. The highest BCUT2D eigenvalue weighted by Crippen LogP contribution is 2.41. The van der Waals surface area contributed by atoms with Crippen molar-refractivity contribution in [2.75, 3.05) is 14.2 Å². The summed E-state index contributed by atoms with van der Waals surface area (Å²) in [6.45, 7) is 1.94. The Morgan fingerprint density at radius 2 is 1.62 bits per heavy atom. The Morgan fingerprint density at radius 3 is 2.33 bits per heavy atom. The van der Waals surface area contributed by atoms with E-state index in [-0.39, 0.29) is 6.61 Å². The quantitative estimate of drug-likeness (QED) is 0.175. The van der Waals surface area contributed by atoms with Crippen LogP contribution >= 0.6 is 0 Å². The lowest BCUT2D eigenvalue weighted by Gasteiger charge is -2.09. The SMILES string of the molecule is COc1ccc(/C(C)=N\OCc2nc3c4c(-c5ccccc5)c(-c5ccccc5)oc4ncn3n2)cc1OC. The van der Waals surface area contributed by atoms with Gasteiger partial charge in [0.25, 0.3) is 0 Å². The summed E-state index contributed by atoms with van der Waals surface area (Å²) in [7, 11) is 3.19. The molecule has 3 heterocycles. The second kappa shape index (κ2) is 10.3. The molecule has 0 fully saturated rings. The first-order valence-electron chi connectivity index (χ1n) is 12.3.